The fourth-order valence-electron chi connectivity index (χ4n) is 3.10. The number of aliphatic hydroxyl groups excluding tert-OH is 1. The Morgan fingerprint density at radius 2 is 1.55 bits per heavy atom. The van der Waals surface area contributed by atoms with Crippen molar-refractivity contribution in [3.63, 3.8) is 0 Å². The van der Waals surface area contributed by atoms with E-state index in [4.69, 9.17) is 0 Å². The van der Waals surface area contributed by atoms with Crippen LogP contribution in [0.5, 0.6) is 5.75 Å². The van der Waals surface area contributed by atoms with Gasteiger partial charge in [-0.3, -0.25) is 4.79 Å². The Morgan fingerprint density at radius 1 is 0.864 bits per heavy atom. The number of carbonyl (C=O) groups is 1. The van der Waals surface area contributed by atoms with Crippen molar-refractivity contribution in [3.8, 4) is 5.75 Å². The lowest BCUT2D eigenvalue weighted by Crippen LogP contribution is -2.14. The molecule has 2 aromatic carbocycles. The molecule has 0 aliphatic heterocycles. The summed E-state index contributed by atoms with van der Waals surface area (Å²) in [7, 11) is 0. The molecule has 0 radical (unpaired) electrons. The van der Waals surface area contributed by atoms with Gasteiger partial charge in [0.25, 0.3) is 0 Å². The van der Waals surface area contributed by atoms with Gasteiger partial charge in [-0.15, -0.1) is 0 Å². The van der Waals surface area contributed by atoms with Crippen LogP contribution < -0.4 is 0 Å². The highest BCUT2D eigenvalue weighted by atomic mass is 16.3. The van der Waals surface area contributed by atoms with Crippen LogP contribution in [0.2, 0.25) is 0 Å². The molecule has 4 rings (SSSR count). The molecule has 0 fully saturated rings. The number of aliphatic hydroxyl groups is 1. The van der Waals surface area contributed by atoms with E-state index in [1.54, 1.807) is 36.4 Å². The van der Waals surface area contributed by atoms with Gasteiger partial charge in [-0.25, -0.2) is 0 Å². The molecule has 2 aliphatic rings. The Labute approximate surface area is 125 Å². The van der Waals surface area contributed by atoms with Crippen LogP contribution in [0, 0.1) is 5.39 Å². The molecule has 22 heavy (non-hydrogen) atoms. The second kappa shape index (κ2) is 4.06. The topological polar surface area (TPSA) is 85.7 Å². The summed E-state index contributed by atoms with van der Waals surface area (Å²) >= 11 is 0. The molecule has 2 aromatic rings. The molecule has 0 heterocycles. The summed E-state index contributed by atoms with van der Waals surface area (Å²) in [4.78, 5) is 16.0. The highest BCUT2D eigenvalue weighted by Gasteiger charge is 2.45. The van der Waals surface area contributed by atoms with Crippen LogP contribution >= 0.6 is 0 Å². The lowest BCUT2D eigenvalue weighted by Gasteiger charge is -2.18. The van der Waals surface area contributed by atoms with Crippen LogP contribution in [0.3, 0.4) is 0 Å². The summed E-state index contributed by atoms with van der Waals surface area (Å²) in [6, 6.07) is 11.5. The summed E-state index contributed by atoms with van der Waals surface area (Å²) in [6.07, 6.45) is 0. The predicted octanol–water partition coefficient (Wildman–Crippen LogP) is 3.59. The number of hydrogen-bond donors (Lipinski definition) is 2. The predicted molar refractivity (Wildman–Crippen MR) is 80.3 cm³/mol. The molecule has 2 aliphatic carbocycles. The summed E-state index contributed by atoms with van der Waals surface area (Å²) in [5, 5.41) is 29.9. The molecule has 5 heteroatoms. The number of allylic oxidation sites excluding steroid dienone is 2. The zero-order chi connectivity index (χ0) is 15.4. The first-order chi connectivity index (χ1) is 10.6. The van der Waals surface area contributed by atoms with E-state index in [2.05, 4.69) is 4.98 Å². The van der Waals surface area contributed by atoms with E-state index in [9.17, 15) is 20.4 Å². The average Bonchev–Trinajstić information content (AvgIpc) is 2.87. The van der Waals surface area contributed by atoms with Gasteiger partial charge in [0, 0.05) is 16.7 Å². The second-order valence-electron chi connectivity index (χ2n) is 5.12. The Kier molecular flexibility index (Phi) is 2.28. The smallest absolute Gasteiger partial charge is 0.404 e. The Hall–Kier alpha value is -3.39. The number of phenolic OH excluding ortho intramolecular Hbond substituents is 1. The third kappa shape index (κ3) is 1.31. The molecule has 2 N–H and O–H groups in total. The van der Waals surface area contributed by atoms with Crippen LogP contribution in [0.15, 0.2) is 48.0 Å². The summed E-state index contributed by atoms with van der Waals surface area (Å²) in [6.45, 7) is 0. The summed E-state index contributed by atoms with van der Waals surface area (Å²) in [5.74, 6) is -0.787. The van der Waals surface area contributed by atoms with E-state index in [1.807, 2.05) is 0 Å². The number of Topliss-reactive ketones (excluding diaryl/α,β-unsaturated/α-hetero) is 1. The van der Waals surface area contributed by atoms with Crippen molar-refractivity contribution in [1.29, 1.82) is 5.39 Å². The van der Waals surface area contributed by atoms with Crippen molar-refractivity contribution in [3.05, 3.63) is 75.3 Å². The minimum absolute atomic E-state index is 0.0210. The third-order valence-electron chi connectivity index (χ3n) is 4.03. The Bertz CT molecular complexity index is 978. The van der Waals surface area contributed by atoms with Crippen molar-refractivity contribution < 1.29 is 15.0 Å². The molecular formula is C17H9N2O3+. The maximum Gasteiger partial charge on any atom is 0.404 e. The lowest BCUT2D eigenvalue weighted by atomic mass is 9.84. The minimum atomic E-state index is -0.468. The molecule has 0 amide bonds. The maximum atomic E-state index is 12.8. The van der Waals surface area contributed by atoms with E-state index < -0.39 is 5.78 Å². The first-order valence-electron chi connectivity index (χ1n) is 6.65. The quantitative estimate of drug-likeness (QED) is 0.726. The van der Waals surface area contributed by atoms with Crippen molar-refractivity contribution in [2.75, 3.05) is 0 Å². The fourth-order valence-corrected chi connectivity index (χ4v) is 3.10. The number of nitrogens with zero attached hydrogens (tertiary/aromatic N) is 2. The Balaban J connectivity index is 2.19. The van der Waals surface area contributed by atoms with Crippen molar-refractivity contribution in [2.45, 2.75) is 0 Å². The maximum absolute atomic E-state index is 12.8. The van der Waals surface area contributed by atoms with Gasteiger partial charge in [0.05, 0.1) is 11.1 Å². The molecule has 104 valence electrons. The van der Waals surface area contributed by atoms with Gasteiger partial charge in [-0.1, -0.05) is 30.3 Å². The molecule has 0 saturated heterocycles. The normalized spacial score (nSPS) is 15.3. The van der Waals surface area contributed by atoms with Crippen LogP contribution in [-0.2, 0) is 0 Å². The van der Waals surface area contributed by atoms with E-state index in [1.165, 1.54) is 6.07 Å². The number of rotatable bonds is 0. The van der Waals surface area contributed by atoms with Gasteiger partial charge in [-0.05, 0) is 12.1 Å². The minimum Gasteiger partial charge on any atom is -0.507 e. The van der Waals surface area contributed by atoms with Gasteiger partial charge >= 0.3 is 5.70 Å². The van der Waals surface area contributed by atoms with Crippen LogP contribution in [-0.4, -0.2) is 16.0 Å². The van der Waals surface area contributed by atoms with E-state index >= 15 is 0 Å². The summed E-state index contributed by atoms with van der Waals surface area (Å²) in [5.41, 5.74) is 2.05. The zero-order valence-corrected chi connectivity index (χ0v) is 11.2. The highest BCUT2D eigenvalue weighted by Crippen LogP contribution is 2.50. The van der Waals surface area contributed by atoms with Crippen LogP contribution in [0.25, 0.3) is 22.0 Å². The Morgan fingerprint density at radius 3 is 2.27 bits per heavy atom. The van der Waals surface area contributed by atoms with Gasteiger partial charge in [-0.2, -0.15) is 0 Å². The van der Waals surface area contributed by atoms with Crippen LogP contribution in [0.1, 0.15) is 27.0 Å². The third-order valence-corrected chi connectivity index (χ3v) is 4.03. The molecule has 0 spiro atoms. The number of fused-ring (bicyclic) bond motifs is 4. The zero-order valence-electron chi connectivity index (χ0n) is 11.2. The number of phenols is 1. The molecule has 0 atom stereocenters. The van der Waals surface area contributed by atoms with E-state index in [0.717, 1.165) is 0 Å². The number of benzene rings is 2. The first kappa shape index (κ1) is 12.4. The number of ketones is 1. The summed E-state index contributed by atoms with van der Waals surface area (Å²) < 4.78 is 0. The molecular weight excluding hydrogens is 280 g/mol. The van der Waals surface area contributed by atoms with Crippen molar-refractivity contribution >= 4 is 22.8 Å². The number of aromatic hydroxyl groups is 1. The van der Waals surface area contributed by atoms with Gasteiger partial charge in [0.2, 0.25) is 11.2 Å². The van der Waals surface area contributed by atoms with Gasteiger partial charge < -0.3 is 10.2 Å². The lowest BCUT2D eigenvalue weighted by molar-refractivity contribution is 0.103. The molecule has 0 aromatic heterocycles. The van der Waals surface area contributed by atoms with Crippen molar-refractivity contribution in [1.82, 2.24) is 0 Å². The first-order valence-corrected chi connectivity index (χ1v) is 6.65. The highest BCUT2D eigenvalue weighted by molar-refractivity contribution is 6.34. The number of carbonyl (C=O) groups excluding carboxylic acids is 1. The molecule has 5 nitrogen and oxygen atoms in total. The standard InChI is InChI=1S/C17H8N2O3/c18-19-15-9-5-2-1-4-8(9)13-14(15)17(22)12-10(16(13)21)6-3-7-11(12)20/h1-7H,(H-,20,21,22)/p+1. The van der Waals surface area contributed by atoms with Crippen LogP contribution in [0.4, 0.5) is 0 Å². The second-order valence-corrected chi connectivity index (χ2v) is 5.12. The fraction of sp³-hybridized carbons (Fsp3) is 0. The number of diazo groups is 1. The van der Waals surface area contributed by atoms with Gasteiger partial charge in [0.15, 0.2) is 4.98 Å². The van der Waals surface area contributed by atoms with Crippen molar-refractivity contribution in [2.24, 2.45) is 0 Å². The number of hydrogen-bond acceptors (Lipinski definition) is 4. The SMILES string of the molecule is N#[N+]C1=C2C(=O)c3c(O)cccc3C(O)=C2c2ccccc21. The van der Waals surface area contributed by atoms with Gasteiger partial charge in [0.1, 0.15) is 17.1 Å². The molecule has 0 bridgehead atoms. The molecule has 0 unspecified atom stereocenters. The monoisotopic (exact) mass is 289 g/mol. The average molecular weight is 289 g/mol. The largest absolute Gasteiger partial charge is 0.507 e. The van der Waals surface area contributed by atoms with E-state index in [0.29, 0.717) is 16.7 Å². The molecule has 0 saturated carbocycles. The van der Waals surface area contributed by atoms with E-state index in [-0.39, 0.29) is 33.9 Å².